The molecule has 1 aliphatic rings. The van der Waals surface area contributed by atoms with E-state index in [-0.39, 0.29) is 24.0 Å². The van der Waals surface area contributed by atoms with Crippen LogP contribution in [-0.4, -0.2) is 5.78 Å². The maximum atomic E-state index is 13.8. The summed E-state index contributed by atoms with van der Waals surface area (Å²) in [4.78, 5) is 12.7. The summed E-state index contributed by atoms with van der Waals surface area (Å²) in [7, 11) is 0. The third-order valence-electron chi connectivity index (χ3n) is 4.49. The van der Waals surface area contributed by atoms with Crippen LogP contribution in [0.2, 0.25) is 5.02 Å². The monoisotopic (exact) mass is 394 g/mol. The third-order valence-corrected chi connectivity index (χ3v) is 4.83. The molecule has 0 unspecified atom stereocenters. The number of benzene rings is 3. The normalized spacial score (nSPS) is 14.1. The first-order valence-corrected chi connectivity index (χ1v) is 9.10. The Labute approximate surface area is 167 Å². The molecule has 0 fully saturated rings. The Bertz CT molecular complexity index is 1100. The van der Waals surface area contributed by atoms with E-state index in [1.54, 1.807) is 42.5 Å². The van der Waals surface area contributed by atoms with E-state index in [0.29, 0.717) is 33.2 Å². The molecule has 3 nitrogen and oxygen atoms in total. The zero-order valence-electron chi connectivity index (χ0n) is 15.0. The lowest BCUT2D eigenvalue weighted by atomic mass is 10.0. The van der Waals surface area contributed by atoms with Crippen molar-refractivity contribution in [2.75, 3.05) is 0 Å². The van der Waals surface area contributed by atoms with Crippen LogP contribution in [0.1, 0.15) is 27.0 Å². The fourth-order valence-electron chi connectivity index (χ4n) is 3.07. The number of ketones is 1. The predicted octanol–water partition coefficient (Wildman–Crippen LogP) is 5.98. The lowest BCUT2D eigenvalue weighted by Crippen LogP contribution is -2.00. The van der Waals surface area contributed by atoms with E-state index >= 15 is 0 Å². The highest BCUT2D eigenvalue weighted by atomic mass is 35.5. The van der Waals surface area contributed by atoms with Crippen LogP contribution in [0.4, 0.5) is 4.39 Å². The molecule has 1 heterocycles. The molecule has 3 aromatic carbocycles. The van der Waals surface area contributed by atoms with Crippen LogP contribution < -0.4 is 9.47 Å². The van der Waals surface area contributed by atoms with Crippen molar-refractivity contribution in [2.24, 2.45) is 0 Å². The van der Waals surface area contributed by atoms with Crippen LogP contribution in [0.3, 0.4) is 0 Å². The Morgan fingerprint density at radius 1 is 1.11 bits per heavy atom. The Balaban J connectivity index is 1.60. The van der Waals surface area contributed by atoms with Gasteiger partial charge < -0.3 is 9.47 Å². The lowest BCUT2D eigenvalue weighted by Gasteiger charge is -2.09. The largest absolute Gasteiger partial charge is 0.489 e. The number of aryl methyl sites for hydroxylation is 1. The molecule has 4 rings (SSSR count). The van der Waals surface area contributed by atoms with Gasteiger partial charge in [0.15, 0.2) is 5.76 Å². The van der Waals surface area contributed by atoms with Gasteiger partial charge in [-0.3, -0.25) is 4.79 Å². The van der Waals surface area contributed by atoms with Crippen molar-refractivity contribution >= 4 is 23.5 Å². The molecule has 0 radical (unpaired) electrons. The van der Waals surface area contributed by atoms with Crippen LogP contribution >= 0.6 is 11.6 Å². The molecular weight excluding hydrogens is 379 g/mol. The van der Waals surface area contributed by atoms with Crippen LogP contribution in [-0.2, 0) is 6.61 Å². The van der Waals surface area contributed by atoms with Crippen molar-refractivity contribution in [3.8, 4) is 11.5 Å². The highest BCUT2D eigenvalue weighted by molar-refractivity contribution is 6.32. The molecular formula is C23H16ClFO3. The highest BCUT2D eigenvalue weighted by Gasteiger charge is 2.30. The Kier molecular flexibility index (Phi) is 4.88. The number of ether oxygens (including phenoxy) is 2. The van der Waals surface area contributed by atoms with Gasteiger partial charge in [-0.2, -0.15) is 0 Å². The highest BCUT2D eigenvalue weighted by Crippen LogP contribution is 2.38. The summed E-state index contributed by atoms with van der Waals surface area (Å²) in [5.74, 6) is 0.612. The van der Waals surface area contributed by atoms with E-state index in [1.807, 2.05) is 25.1 Å². The number of carbonyl (C=O) groups is 1. The number of fused-ring (bicyclic) bond motifs is 1. The summed E-state index contributed by atoms with van der Waals surface area (Å²) in [6.45, 7) is 1.90. The van der Waals surface area contributed by atoms with Gasteiger partial charge in [-0.1, -0.05) is 48.0 Å². The number of carbonyl (C=O) groups excluding carboxylic acids is 1. The molecule has 3 aromatic rings. The summed E-state index contributed by atoms with van der Waals surface area (Å²) in [5, 5.41) is 0.535. The number of halogens is 2. The first kappa shape index (κ1) is 18.3. The van der Waals surface area contributed by atoms with E-state index in [1.165, 1.54) is 6.07 Å². The van der Waals surface area contributed by atoms with E-state index in [4.69, 9.17) is 21.1 Å². The molecule has 140 valence electrons. The molecule has 0 N–H and O–H groups in total. The number of allylic oxidation sites excluding steroid dienone is 1. The summed E-state index contributed by atoms with van der Waals surface area (Å²) >= 11 is 6.17. The molecule has 0 aliphatic carbocycles. The maximum absolute atomic E-state index is 13.8. The molecule has 0 saturated heterocycles. The second-order valence-electron chi connectivity index (χ2n) is 6.45. The van der Waals surface area contributed by atoms with Crippen molar-refractivity contribution < 1.29 is 18.7 Å². The summed E-state index contributed by atoms with van der Waals surface area (Å²) in [6.07, 6.45) is 1.63. The van der Waals surface area contributed by atoms with Gasteiger partial charge in [-0.05, 0) is 42.3 Å². The van der Waals surface area contributed by atoms with Crippen LogP contribution in [0.5, 0.6) is 11.5 Å². The van der Waals surface area contributed by atoms with Gasteiger partial charge in [0.1, 0.15) is 23.9 Å². The summed E-state index contributed by atoms with van der Waals surface area (Å²) in [5.41, 5.74) is 2.39. The molecule has 1 aliphatic heterocycles. The molecule has 0 aromatic heterocycles. The predicted molar refractivity (Wildman–Crippen MR) is 106 cm³/mol. The van der Waals surface area contributed by atoms with Crippen molar-refractivity contribution in [1.29, 1.82) is 0 Å². The first-order valence-electron chi connectivity index (χ1n) is 8.72. The van der Waals surface area contributed by atoms with E-state index in [9.17, 15) is 9.18 Å². The molecule has 0 atom stereocenters. The van der Waals surface area contributed by atoms with Gasteiger partial charge in [0.05, 0.1) is 5.56 Å². The fraction of sp³-hybridized carbons (Fsp3) is 0.0870. The third kappa shape index (κ3) is 3.51. The smallest absolute Gasteiger partial charge is 0.232 e. The van der Waals surface area contributed by atoms with Gasteiger partial charge in [0, 0.05) is 16.7 Å². The van der Waals surface area contributed by atoms with E-state index in [2.05, 4.69) is 0 Å². The summed E-state index contributed by atoms with van der Waals surface area (Å²) in [6, 6.07) is 17.1. The standard InChI is InChI=1S/C23H16ClFO3/c1-14-10-17(27-13-16-7-3-5-9-19(16)25)12-20-22(14)23(26)21(28-20)11-15-6-2-4-8-18(15)24/h2-12H,13H2,1H3/b21-11-. The quantitative estimate of drug-likeness (QED) is 0.510. The van der Waals surface area contributed by atoms with Crippen molar-refractivity contribution in [2.45, 2.75) is 13.5 Å². The molecule has 0 saturated carbocycles. The molecule has 0 spiro atoms. The van der Waals surface area contributed by atoms with Gasteiger partial charge in [-0.25, -0.2) is 4.39 Å². The van der Waals surface area contributed by atoms with Crippen LogP contribution in [0, 0.1) is 12.7 Å². The van der Waals surface area contributed by atoms with Crippen molar-refractivity contribution in [3.63, 3.8) is 0 Å². The Hall–Kier alpha value is -3.11. The second kappa shape index (κ2) is 7.49. The minimum Gasteiger partial charge on any atom is -0.489 e. The van der Waals surface area contributed by atoms with Gasteiger partial charge in [0.2, 0.25) is 5.78 Å². The second-order valence-corrected chi connectivity index (χ2v) is 6.86. The van der Waals surface area contributed by atoms with Gasteiger partial charge >= 0.3 is 0 Å². The minimum atomic E-state index is -0.322. The van der Waals surface area contributed by atoms with E-state index < -0.39 is 0 Å². The first-order chi connectivity index (χ1) is 13.5. The number of hydrogen-bond acceptors (Lipinski definition) is 3. The zero-order valence-corrected chi connectivity index (χ0v) is 15.8. The summed E-state index contributed by atoms with van der Waals surface area (Å²) < 4.78 is 25.3. The number of hydrogen-bond donors (Lipinski definition) is 0. The van der Waals surface area contributed by atoms with Crippen LogP contribution in [0.15, 0.2) is 66.4 Å². The molecule has 0 amide bonds. The van der Waals surface area contributed by atoms with Crippen LogP contribution in [0.25, 0.3) is 6.08 Å². The number of rotatable bonds is 4. The lowest BCUT2D eigenvalue weighted by molar-refractivity contribution is 0.101. The van der Waals surface area contributed by atoms with Crippen molar-refractivity contribution in [3.05, 3.63) is 99.5 Å². The Morgan fingerprint density at radius 2 is 1.86 bits per heavy atom. The Morgan fingerprint density at radius 3 is 2.64 bits per heavy atom. The van der Waals surface area contributed by atoms with E-state index in [0.717, 1.165) is 5.56 Å². The number of Topliss-reactive ketones (excluding diaryl/α,β-unsaturated/α-hetero) is 1. The molecule has 28 heavy (non-hydrogen) atoms. The topological polar surface area (TPSA) is 35.5 Å². The molecule has 5 heteroatoms. The zero-order chi connectivity index (χ0) is 19.7. The average molecular weight is 395 g/mol. The fourth-order valence-corrected chi connectivity index (χ4v) is 3.26. The van der Waals surface area contributed by atoms with Crippen molar-refractivity contribution in [1.82, 2.24) is 0 Å². The molecule has 0 bridgehead atoms. The van der Waals surface area contributed by atoms with Gasteiger partial charge in [0.25, 0.3) is 0 Å². The van der Waals surface area contributed by atoms with Gasteiger partial charge in [-0.15, -0.1) is 0 Å². The maximum Gasteiger partial charge on any atom is 0.232 e. The average Bonchev–Trinajstić information content (AvgIpc) is 2.99. The SMILES string of the molecule is Cc1cc(OCc2ccccc2F)cc2c1C(=O)/C(=C/c1ccccc1Cl)O2. The minimum absolute atomic E-state index is 0.0845.